The lowest BCUT2D eigenvalue weighted by molar-refractivity contribution is -0.120. The van der Waals surface area contributed by atoms with Gasteiger partial charge in [-0.25, -0.2) is 0 Å². The Bertz CT molecular complexity index is 95.1. The van der Waals surface area contributed by atoms with Crippen molar-refractivity contribution < 1.29 is 4.79 Å². The minimum absolute atomic E-state index is 0.0316. The van der Waals surface area contributed by atoms with E-state index in [-0.39, 0.29) is 11.2 Å². The highest BCUT2D eigenvalue weighted by Crippen LogP contribution is 1.98. The summed E-state index contributed by atoms with van der Waals surface area (Å²) in [7, 11) is 0. The van der Waals surface area contributed by atoms with Crippen molar-refractivity contribution in [1.82, 2.24) is 5.32 Å². The van der Waals surface area contributed by atoms with Crippen LogP contribution in [0.15, 0.2) is 0 Å². The molecule has 0 heterocycles. The Morgan fingerprint density at radius 3 is 2.78 bits per heavy atom. The highest BCUT2D eigenvalue weighted by molar-refractivity contribution is 7.81. The summed E-state index contributed by atoms with van der Waals surface area (Å²) in [6, 6.07) is 0. The first-order chi connectivity index (χ1) is 4.22. The lowest BCUT2D eigenvalue weighted by Crippen LogP contribution is -2.30. The van der Waals surface area contributed by atoms with Gasteiger partial charge in [-0.1, -0.05) is 6.92 Å². The molecule has 1 unspecified atom stereocenters. The molecule has 0 spiro atoms. The number of nitrogens with one attached hydrogen (secondary N) is 1. The molecule has 1 amide bonds. The van der Waals surface area contributed by atoms with E-state index in [1.54, 1.807) is 0 Å². The number of thiol groups is 1. The maximum absolute atomic E-state index is 10.7. The highest BCUT2D eigenvalue weighted by Gasteiger charge is 2.08. The van der Waals surface area contributed by atoms with Crippen LogP contribution in [-0.4, -0.2) is 17.7 Å². The molecular weight excluding hydrogens is 134 g/mol. The molecule has 0 aromatic heterocycles. The SMILES string of the molecule is [CH2]CC(S)C(=O)NCC. The molecule has 0 aromatic rings. The van der Waals surface area contributed by atoms with Crippen LogP contribution < -0.4 is 5.32 Å². The molecule has 0 saturated heterocycles. The molecular formula is C6H12NOS. The number of carbonyl (C=O) groups is 1. The summed E-state index contributed by atoms with van der Waals surface area (Å²) in [5, 5.41) is 2.40. The van der Waals surface area contributed by atoms with Crippen molar-refractivity contribution in [2.75, 3.05) is 6.54 Å². The molecule has 0 saturated carbocycles. The van der Waals surface area contributed by atoms with Crippen LogP contribution in [0.5, 0.6) is 0 Å². The molecule has 0 bridgehead atoms. The molecule has 1 atom stereocenters. The Morgan fingerprint density at radius 2 is 2.44 bits per heavy atom. The number of hydrogen-bond acceptors (Lipinski definition) is 2. The molecule has 0 rings (SSSR count). The molecule has 0 aromatic carbocycles. The van der Waals surface area contributed by atoms with Gasteiger partial charge in [-0.05, 0) is 13.3 Å². The van der Waals surface area contributed by atoms with E-state index in [0.29, 0.717) is 13.0 Å². The summed E-state index contributed by atoms with van der Waals surface area (Å²) in [5.41, 5.74) is 0. The molecule has 0 fully saturated rings. The first kappa shape index (κ1) is 8.82. The largest absolute Gasteiger partial charge is 0.355 e. The van der Waals surface area contributed by atoms with Gasteiger partial charge in [0, 0.05) is 6.54 Å². The molecule has 0 aliphatic heterocycles. The van der Waals surface area contributed by atoms with E-state index in [1.165, 1.54) is 0 Å². The smallest absolute Gasteiger partial charge is 0.232 e. The third-order valence-electron chi connectivity index (χ3n) is 0.927. The molecule has 1 radical (unpaired) electrons. The summed E-state index contributed by atoms with van der Waals surface area (Å²) in [4.78, 5) is 10.7. The number of amides is 1. The van der Waals surface area contributed by atoms with Crippen molar-refractivity contribution in [3.8, 4) is 0 Å². The Kier molecular flexibility index (Phi) is 4.58. The first-order valence-corrected chi connectivity index (χ1v) is 3.49. The number of carbonyl (C=O) groups excluding carboxylic acids is 1. The number of rotatable bonds is 3. The van der Waals surface area contributed by atoms with E-state index < -0.39 is 0 Å². The fraction of sp³-hybridized carbons (Fsp3) is 0.667. The van der Waals surface area contributed by atoms with Crippen LogP contribution in [0.25, 0.3) is 0 Å². The minimum atomic E-state index is -0.245. The van der Waals surface area contributed by atoms with Gasteiger partial charge in [0.05, 0.1) is 5.25 Å². The van der Waals surface area contributed by atoms with Crippen molar-refractivity contribution in [3.63, 3.8) is 0 Å². The van der Waals surface area contributed by atoms with Crippen LogP contribution in [-0.2, 0) is 4.79 Å². The predicted octanol–water partition coefficient (Wildman–Crippen LogP) is 0.645. The normalized spacial score (nSPS) is 12.8. The van der Waals surface area contributed by atoms with Gasteiger partial charge in [0.2, 0.25) is 5.91 Å². The van der Waals surface area contributed by atoms with E-state index in [1.807, 2.05) is 6.92 Å². The van der Waals surface area contributed by atoms with Gasteiger partial charge in [0.25, 0.3) is 0 Å². The average molecular weight is 146 g/mol. The highest BCUT2D eigenvalue weighted by atomic mass is 32.1. The standard InChI is InChI=1S/C6H12NOS/c1-3-5(9)6(8)7-4-2/h5,9H,1,3-4H2,2H3,(H,7,8). The minimum Gasteiger partial charge on any atom is -0.355 e. The fourth-order valence-corrected chi connectivity index (χ4v) is 0.514. The summed E-state index contributed by atoms with van der Waals surface area (Å²) >= 11 is 3.98. The third-order valence-corrected chi connectivity index (χ3v) is 1.42. The van der Waals surface area contributed by atoms with Gasteiger partial charge in [-0.15, -0.1) is 0 Å². The van der Waals surface area contributed by atoms with Crippen LogP contribution in [0.3, 0.4) is 0 Å². The molecule has 53 valence electrons. The summed E-state index contributed by atoms with van der Waals surface area (Å²) in [6.45, 7) is 6.09. The van der Waals surface area contributed by atoms with Crippen LogP contribution in [0.4, 0.5) is 0 Å². The van der Waals surface area contributed by atoms with E-state index >= 15 is 0 Å². The Morgan fingerprint density at radius 1 is 1.89 bits per heavy atom. The molecule has 0 aliphatic rings. The lowest BCUT2D eigenvalue weighted by atomic mass is 10.3. The van der Waals surface area contributed by atoms with E-state index in [4.69, 9.17) is 0 Å². The van der Waals surface area contributed by atoms with Gasteiger partial charge in [-0.3, -0.25) is 4.79 Å². The number of hydrogen-bond donors (Lipinski definition) is 2. The summed E-state index contributed by atoms with van der Waals surface area (Å²) in [6.07, 6.45) is 0.537. The van der Waals surface area contributed by atoms with Gasteiger partial charge in [-0.2, -0.15) is 12.6 Å². The van der Waals surface area contributed by atoms with Crippen molar-refractivity contribution in [2.45, 2.75) is 18.6 Å². The second-order valence-electron chi connectivity index (χ2n) is 1.70. The first-order valence-electron chi connectivity index (χ1n) is 2.97. The summed E-state index contributed by atoms with van der Waals surface area (Å²) in [5.74, 6) is -0.0316. The van der Waals surface area contributed by atoms with E-state index in [9.17, 15) is 4.79 Å². The lowest BCUT2D eigenvalue weighted by Gasteiger charge is -2.05. The van der Waals surface area contributed by atoms with Crippen molar-refractivity contribution in [1.29, 1.82) is 0 Å². The van der Waals surface area contributed by atoms with Crippen molar-refractivity contribution in [3.05, 3.63) is 6.92 Å². The summed E-state index contributed by atoms with van der Waals surface area (Å²) < 4.78 is 0. The van der Waals surface area contributed by atoms with Crippen LogP contribution in [0, 0.1) is 6.92 Å². The van der Waals surface area contributed by atoms with Gasteiger partial charge < -0.3 is 5.32 Å². The Balaban J connectivity index is 3.46. The Labute approximate surface area is 61.4 Å². The molecule has 3 heteroatoms. The van der Waals surface area contributed by atoms with Crippen LogP contribution in [0.2, 0.25) is 0 Å². The molecule has 1 N–H and O–H groups in total. The zero-order valence-electron chi connectivity index (χ0n) is 5.55. The van der Waals surface area contributed by atoms with Crippen LogP contribution in [0.1, 0.15) is 13.3 Å². The van der Waals surface area contributed by atoms with Gasteiger partial charge >= 0.3 is 0 Å². The zero-order valence-corrected chi connectivity index (χ0v) is 6.45. The second kappa shape index (κ2) is 4.68. The monoisotopic (exact) mass is 146 g/mol. The third kappa shape index (κ3) is 3.40. The average Bonchev–Trinajstić information content (AvgIpc) is 1.87. The fourth-order valence-electron chi connectivity index (χ4n) is 0.423. The maximum atomic E-state index is 10.7. The van der Waals surface area contributed by atoms with Gasteiger partial charge in [0.15, 0.2) is 0 Å². The Hall–Kier alpha value is -0.180. The topological polar surface area (TPSA) is 29.1 Å². The maximum Gasteiger partial charge on any atom is 0.232 e. The molecule has 0 aliphatic carbocycles. The predicted molar refractivity (Wildman–Crippen MR) is 41.4 cm³/mol. The molecule has 2 nitrogen and oxygen atoms in total. The van der Waals surface area contributed by atoms with E-state index in [2.05, 4.69) is 24.9 Å². The zero-order chi connectivity index (χ0) is 7.28. The second-order valence-corrected chi connectivity index (χ2v) is 2.32. The van der Waals surface area contributed by atoms with Crippen LogP contribution >= 0.6 is 12.6 Å². The van der Waals surface area contributed by atoms with Crippen molar-refractivity contribution >= 4 is 18.5 Å². The molecule has 9 heavy (non-hydrogen) atoms. The quantitative estimate of drug-likeness (QED) is 0.562. The van der Waals surface area contributed by atoms with E-state index in [0.717, 1.165) is 0 Å². The van der Waals surface area contributed by atoms with Gasteiger partial charge in [0.1, 0.15) is 0 Å². The van der Waals surface area contributed by atoms with Crippen molar-refractivity contribution in [2.24, 2.45) is 0 Å².